The Bertz CT molecular complexity index is 509. The number of aromatic nitrogens is 2. The van der Waals surface area contributed by atoms with Crippen molar-refractivity contribution < 1.29 is 19.4 Å². The lowest BCUT2D eigenvalue weighted by Crippen LogP contribution is -2.47. The molecule has 1 fully saturated rings. The largest absolute Gasteiger partial charge is 0.480 e. The third-order valence-electron chi connectivity index (χ3n) is 3.46. The summed E-state index contributed by atoms with van der Waals surface area (Å²) < 4.78 is 6.84. The number of amides is 1. The highest BCUT2D eigenvalue weighted by molar-refractivity contribution is 5.87. The zero-order valence-corrected chi connectivity index (χ0v) is 11.8. The molecule has 7 heteroatoms. The zero-order chi connectivity index (χ0) is 14.9. The first-order valence-electron chi connectivity index (χ1n) is 6.52. The number of rotatable bonds is 6. The van der Waals surface area contributed by atoms with E-state index in [1.54, 1.807) is 24.1 Å². The molecular formula is C13H19N3O4. The fraction of sp³-hybridized carbons (Fsp3) is 0.615. The molecule has 20 heavy (non-hydrogen) atoms. The molecule has 1 N–H and O–H groups in total. The molecule has 1 amide bonds. The molecule has 0 aromatic carbocycles. The summed E-state index contributed by atoms with van der Waals surface area (Å²) in [7, 11) is 3.19. The average molecular weight is 281 g/mol. The van der Waals surface area contributed by atoms with Gasteiger partial charge in [-0.25, -0.2) is 4.79 Å². The van der Waals surface area contributed by atoms with Crippen molar-refractivity contribution in [3.8, 4) is 0 Å². The summed E-state index contributed by atoms with van der Waals surface area (Å²) in [4.78, 5) is 25.2. The second kappa shape index (κ2) is 5.62. The Morgan fingerprint density at radius 2 is 2.20 bits per heavy atom. The highest BCUT2D eigenvalue weighted by Crippen LogP contribution is 2.32. The lowest BCUT2D eigenvalue weighted by molar-refractivity contribution is -0.155. The van der Waals surface area contributed by atoms with Crippen molar-refractivity contribution in [2.45, 2.75) is 38.0 Å². The number of nitrogens with zero attached hydrogens (tertiary/aromatic N) is 3. The van der Waals surface area contributed by atoms with Crippen molar-refractivity contribution in [2.75, 3.05) is 7.11 Å². The summed E-state index contributed by atoms with van der Waals surface area (Å²) in [5.74, 6) is -1.33. The van der Waals surface area contributed by atoms with Crippen molar-refractivity contribution in [1.82, 2.24) is 14.7 Å². The Labute approximate surface area is 117 Å². The van der Waals surface area contributed by atoms with E-state index >= 15 is 0 Å². The molecule has 1 aliphatic rings. The number of methoxy groups -OCH3 is 1. The van der Waals surface area contributed by atoms with Gasteiger partial charge in [0.15, 0.2) is 6.10 Å². The number of aryl methyl sites for hydroxylation is 1. The first kappa shape index (κ1) is 14.5. The Kier molecular flexibility index (Phi) is 4.08. The van der Waals surface area contributed by atoms with Crippen molar-refractivity contribution in [1.29, 1.82) is 0 Å². The minimum Gasteiger partial charge on any atom is -0.480 e. The molecule has 0 bridgehead atoms. The first-order valence-corrected chi connectivity index (χ1v) is 6.52. The van der Waals surface area contributed by atoms with Crippen LogP contribution in [0.5, 0.6) is 0 Å². The third-order valence-corrected chi connectivity index (χ3v) is 3.46. The van der Waals surface area contributed by atoms with E-state index in [1.807, 2.05) is 0 Å². The SMILES string of the molecule is COC(C(=O)N(C1CC1)C(C)C(=O)O)c1cnn(C)c1. The number of ether oxygens (including phenoxy) is 1. The van der Waals surface area contributed by atoms with Crippen molar-refractivity contribution >= 4 is 11.9 Å². The standard InChI is InChI=1S/C13H19N3O4/c1-8(13(18)19)16(10-4-5-10)12(17)11(20-3)9-6-14-15(2)7-9/h6-8,10-11H,4-5H2,1-3H3,(H,18,19). The third kappa shape index (κ3) is 2.82. The quantitative estimate of drug-likeness (QED) is 0.824. The van der Waals surface area contributed by atoms with Crippen LogP contribution >= 0.6 is 0 Å². The van der Waals surface area contributed by atoms with E-state index in [0.29, 0.717) is 5.56 Å². The number of carbonyl (C=O) groups is 2. The van der Waals surface area contributed by atoms with Crippen LogP contribution in [0.25, 0.3) is 0 Å². The van der Waals surface area contributed by atoms with Gasteiger partial charge in [0.25, 0.3) is 5.91 Å². The van der Waals surface area contributed by atoms with Crippen molar-refractivity contribution in [2.24, 2.45) is 7.05 Å². The molecule has 1 aliphatic carbocycles. The lowest BCUT2D eigenvalue weighted by atomic mass is 10.1. The molecule has 0 saturated heterocycles. The zero-order valence-electron chi connectivity index (χ0n) is 11.8. The Morgan fingerprint density at radius 1 is 1.55 bits per heavy atom. The van der Waals surface area contributed by atoms with E-state index in [1.165, 1.54) is 18.9 Å². The van der Waals surface area contributed by atoms with Crippen LogP contribution in [-0.4, -0.2) is 50.9 Å². The molecule has 1 saturated carbocycles. The number of aliphatic carboxylic acids is 1. The molecule has 0 radical (unpaired) electrons. The molecule has 2 atom stereocenters. The van der Waals surface area contributed by atoms with Gasteiger partial charge >= 0.3 is 5.97 Å². The minimum atomic E-state index is -1.01. The van der Waals surface area contributed by atoms with Gasteiger partial charge in [-0.15, -0.1) is 0 Å². The second-order valence-corrected chi connectivity index (χ2v) is 5.05. The lowest BCUT2D eigenvalue weighted by Gasteiger charge is -2.29. The Balaban J connectivity index is 2.23. The van der Waals surface area contributed by atoms with Crippen LogP contribution in [0.4, 0.5) is 0 Å². The van der Waals surface area contributed by atoms with Gasteiger partial charge in [0.1, 0.15) is 6.04 Å². The predicted octanol–water partition coefficient (Wildman–Crippen LogP) is 0.572. The van der Waals surface area contributed by atoms with Crippen LogP contribution in [0, 0.1) is 0 Å². The normalized spacial score (nSPS) is 17.6. The van der Waals surface area contributed by atoms with Crippen LogP contribution in [-0.2, 0) is 21.4 Å². The summed E-state index contributed by atoms with van der Waals surface area (Å²) in [6, 6.07) is -0.854. The van der Waals surface area contributed by atoms with Gasteiger partial charge in [-0.2, -0.15) is 5.10 Å². The van der Waals surface area contributed by atoms with E-state index in [2.05, 4.69) is 5.10 Å². The summed E-state index contributed by atoms with van der Waals surface area (Å²) >= 11 is 0. The van der Waals surface area contributed by atoms with Gasteiger partial charge in [0.05, 0.1) is 6.20 Å². The number of carboxylic acid groups (broad SMARTS) is 1. The number of hydrogen-bond acceptors (Lipinski definition) is 4. The van der Waals surface area contributed by atoms with E-state index in [4.69, 9.17) is 9.84 Å². The van der Waals surface area contributed by atoms with Gasteiger partial charge < -0.3 is 14.7 Å². The number of hydrogen-bond donors (Lipinski definition) is 1. The topological polar surface area (TPSA) is 84.7 Å². The maximum atomic E-state index is 12.6. The number of carboxylic acids is 1. The van der Waals surface area contributed by atoms with E-state index < -0.39 is 18.1 Å². The molecule has 1 aromatic heterocycles. The summed E-state index contributed by atoms with van der Waals surface area (Å²) in [5, 5.41) is 13.2. The molecule has 110 valence electrons. The smallest absolute Gasteiger partial charge is 0.326 e. The van der Waals surface area contributed by atoms with Gasteiger partial charge in [-0.3, -0.25) is 9.48 Å². The predicted molar refractivity (Wildman–Crippen MR) is 69.9 cm³/mol. The summed E-state index contributed by atoms with van der Waals surface area (Å²) in [6.45, 7) is 1.52. The van der Waals surface area contributed by atoms with Gasteiger partial charge in [0.2, 0.25) is 0 Å². The molecule has 2 unspecified atom stereocenters. The van der Waals surface area contributed by atoms with Crippen LogP contribution < -0.4 is 0 Å². The molecular weight excluding hydrogens is 262 g/mol. The van der Waals surface area contributed by atoms with Crippen LogP contribution in [0.15, 0.2) is 12.4 Å². The number of carbonyl (C=O) groups excluding carboxylic acids is 1. The maximum absolute atomic E-state index is 12.6. The van der Waals surface area contributed by atoms with E-state index in [0.717, 1.165) is 12.8 Å². The van der Waals surface area contributed by atoms with Crippen LogP contribution in [0.1, 0.15) is 31.4 Å². The Hall–Kier alpha value is -1.89. The molecule has 2 rings (SSSR count). The molecule has 0 spiro atoms. The van der Waals surface area contributed by atoms with Crippen molar-refractivity contribution in [3.05, 3.63) is 18.0 Å². The van der Waals surface area contributed by atoms with Gasteiger partial charge in [0, 0.05) is 32.0 Å². The van der Waals surface area contributed by atoms with Crippen molar-refractivity contribution in [3.63, 3.8) is 0 Å². The average Bonchev–Trinajstić information content (AvgIpc) is 3.13. The first-order chi connectivity index (χ1) is 9.45. The second-order valence-electron chi connectivity index (χ2n) is 5.05. The highest BCUT2D eigenvalue weighted by atomic mass is 16.5. The monoisotopic (exact) mass is 281 g/mol. The van der Waals surface area contributed by atoms with Gasteiger partial charge in [-0.05, 0) is 19.8 Å². The Morgan fingerprint density at radius 3 is 2.60 bits per heavy atom. The van der Waals surface area contributed by atoms with Gasteiger partial charge in [-0.1, -0.05) is 0 Å². The van der Waals surface area contributed by atoms with E-state index in [9.17, 15) is 9.59 Å². The van der Waals surface area contributed by atoms with E-state index in [-0.39, 0.29) is 11.9 Å². The molecule has 0 aliphatic heterocycles. The fourth-order valence-electron chi connectivity index (χ4n) is 2.25. The summed E-state index contributed by atoms with van der Waals surface area (Å²) in [6.07, 6.45) is 4.12. The maximum Gasteiger partial charge on any atom is 0.326 e. The minimum absolute atomic E-state index is 0.00271. The molecule has 7 nitrogen and oxygen atoms in total. The van der Waals surface area contributed by atoms with Crippen LogP contribution in [0.3, 0.4) is 0 Å². The van der Waals surface area contributed by atoms with Crippen LogP contribution in [0.2, 0.25) is 0 Å². The fourth-order valence-corrected chi connectivity index (χ4v) is 2.25. The highest BCUT2D eigenvalue weighted by Gasteiger charge is 2.41. The molecule has 1 aromatic rings. The molecule has 1 heterocycles. The summed E-state index contributed by atoms with van der Waals surface area (Å²) in [5.41, 5.74) is 0.628.